The van der Waals surface area contributed by atoms with Crippen LogP contribution in [0.1, 0.15) is 25.3 Å². The maximum atomic E-state index is 12.6. The van der Waals surface area contributed by atoms with E-state index in [4.69, 9.17) is 0 Å². The van der Waals surface area contributed by atoms with E-state index in [9.17, 15) is 14.7 Å². The highest BCUT2D eigenvalue weighted by molar-refractivity contribution is 14.1. The van der Waals surface area contributed by atoms with Crippen molar-refractivity contribution in [3.8, 4) is 0 Å². The smallest absolute Gasteiger partial charge is 0.212 e. The first-order chi connectivity index (χ1) is 10.4. The van der Waals surface area contributed by atoms with E-state index in [0.717, 1.165) is 9.13 Å². The molecule has 1 aromatic carbocycles. The van der Waals surface area contributed by atoms with Crippen molar-refractivity contribution in [1.29, 1.82) is 0 Å². The van der Waals surface area contributed by atoms with Crippen LogP contribution in [0.4, 0.5) is 0 Å². The van der Waals surface area contributed by atoms with Crippen molar-refractivity contribution in [3.63, 3.8) is 0 Å². The Kier molecular flexibility index (Phi) is 3.81. The fraction of sp³-hybridized carbons (Fsp3) is 0.353. The summed E-state index contributed by atoms with van der Waals surface area (Å²) >= 11 is 2.20. The zero-order valence-corrected chi connectivity index (χ0v) is 14.3. The number of aliphatic hydroxyl groups is 1. The van der Waals surface area contributed by atoms with Crippen LogP contribution >= 0.6 is 22.6 Å². The highest BCUT2D eigenvalue weighted by Gasteiger charge is 2.65. The average Bonchev–Trinajstić information content (AvgIpc) is 2.94. The molecule has 4 nitrogen and oxygen atoms in total. The summed E-state index contributed by atoms with van der Waals surface area (Å²) in [6.45, 7) is 1.68. The van der Waals surface area contributed by atoms with E-state index in [1.54, 1.807) is 19.2 Å². The molecule has 3 atom stereocenters. The lowest BCUT2D eigenvalue weighted by molar-refractivity contribution is -0.151. The van der Waals surface area contributed by atoms with Crippen LogP contribution in [0.2, 0.25) is 0 Å². The molecule has 0 radical (unpaired) electrons. The molecular weight excluding hydrogens is 393 g/mol. The van der Waals surface area contributed by atoms with Gasteiger partial charge in [-0.1, -0.05) is 18.2 Å². The van der Waals surface area contributed by atoms with Gasteiger partial charge in [0.2, 0.25) is 11.6 Å². The van der Waals surface area contributed by atoms with Crippen LogP contribution in [-0.2, 0) is 15.0 Å². The topological polar surface area (TPSA) is 66.7 Å². The van der Waals surface area contributed by atoms with Crippen LogP contribution < -0.4 is 0 Å². The molecule has 0 amide bonds. The first-order valence-electron chi connectivity index (χ1n) is 7.16. The van der Waals surface area contributed by atoms with E-state index in [0.29, 0.717) is 6.42 Å². The van der Waals surface area contributed by atoms with Crippen molar-refractivity contribution >= 4 is 40.4 Å². The van der Waals surface area contributed by atoms with Crippen molar-refractivity contribution in [2.75, 3.05) is 0 Å². The fourth-order valence-corrected chi connectivity index (χ4v) is 3.88. The van der Waals surface area contributed by atoms with Crippen LogP contribution in [0.25, 0.3) is 0 Å². The van der Waals surface area contributed by atoms with Gasteiger partial charge in [-0.2, -0.15) is 0 Å². The van der Waals surface area contributed by atoms with Crippen molar-refractivity contribution in [2.45, 2.75) is 36.8 Å². The zero-order valence-electron chi connectivity index (χ0n) is 12.1. The molecule has 1 N–H and O–H groups in total. The van der Waals surface area contributed by atoms with E-state index in [1.165, 1.54) is 0 Å². The zero-order chi connectivity index (χ0) is 16.0. The van der Waals surface area contributed by atoms with Gasteiger partial charge in [-0.05, 0) is 53.3 Å². The number of hydrogen-bond donors (Lipinski definition) is 1. The van der Waals surface area contributed by atoms with Gasteiger partial charge in [0.05, 0.1) is 17.1 Å². The van der Waals surface area contributed by atoms with E-state index in [1.807, 2.05) is 30.3 Å². The first kappa shape index (κ1) is 15.6. The summed E-state index contributed by atoms with van der Waals surface area (Å²) < 4.78 is 1.06. The Morgan fingerprint density at radius 2 is 2.00 bits per heavy atom. The molecule has 1 heterocycles. The summed E-state index contributed by atoms with van der Waals surface area (Å²) in [5.41, 5.74) is -1.07. The molecule has 0 saturated heterocycles. The Balaban J connectivity index is 2.16. The third kappa shape index (κ3) is 2.10. The average molecular weight is 409 g/mol. The van der Waals surface area contributed by atoms with Gasteiger partial charge in [0.25, 0.3) is 0 Å². The number of nitrogens with zero attached hydrogens (tertiary/aromatic N) is 1. The SMILES string of the molecule is CC(O)CC1(C2(c3ccc(I)cc3)CC(=O)C2=O)C=CC=N1. The van der Waals surface area contributed by atoms with Crippen molar-refractivity contribution in [1.82, 2.24) is 0 Å². The lowest BCUT2D eigenvalue weighted by Crippen LogP contribution is -2.65. The van der Waals surface area contributed by atoms with Crippen molar-refractivity contribution in [2.24, 2.45) is 4.99 Å². The maximum Gasteiger partial charge on any atom is 0.212 e. The second kappa shape index (κ2) is 5.38. The molecule has 1 aliphatic carbocycles. The molecule has 1 saturated carbocycles. The molecule has 1 aromatic rings. The molecule has 3 rings (SSSR count). The van der Waals surface area contributed by atoms with Gasteiger partial charge in [-0.3, -0.25) is 14.6 Å². The molecule has 114 valence electrons. The normalized spacial score (nSPS) is 31.4. The number of hydrogen-bond acceptors (Lipinski definition) is 4. The standard InChI is InChI=1S/C17H16INO3/c1-11(20)9-16(7-2-8-19-16)17(10-14(21)15(17)22)12-3-5-13(18)6-4-12/h2-8,11,20H,9-10H2,1H3. The molecule has 2 aliphatic rings. The third-order valence-electron chi connectivity index (χ3n) is 4.51. The first-order valence-corrected chi connectivity index (χ1v) is 8.24. The Labute approximate surface area is 142 Å². The molecule has 0 spiro atoms. The van der Waals surface area contributed by atoms with Crippen LogP contribution in [0.3, 0.4) is 0 Å². The number of allylic oxidation sites excluding steroid dienone is 1. The number of carbonyl (C=O) groups excluding carboxylic acids is 2. The predicted molar refractivity (Wildman–Crippen MR) is 92.1 cm³/mol. The number of Topliss-reactive ketones (excluding diaryl/α,β-unsaturated/α-hetero) is 2. The van der Waals surface area contributed by atoms with E-state index < -0.39 is 22.8 Å². The molecule has 1 fully saturated rings. The van der Waals surface area contributed by atoms with Gasteiger partial charge in [-0.25, -0.2) is 0 Å². The summed E-state index contributed by atoms with van der Waals surface area (Å²) in [6, 6.07) is 7.62. The summed E-state index contributed by atoms with van der Waals surface area (Å²) in [4.78, 5) is 28.9. The Bertz CT molecular complexity index is 678. The summed E-state index contributed by atoms with van der Waals surface area (Å²) in [6.07, 6.45) is 5.11. The molecule has 0 bridgehead atoms. The van der Waals surface area contributed by atoms with Crippen molar-refractivity contribution in [3.05, 3.63) is 45.6 Å². The highest BCUT2D eigenvalue weighted by Crippen LogP contribution is 2.52. The molecule has 22 heavy (non-hydrogen) atoms. The van der Waals surface area contributed by atoms with Gasteiger partial charge >= 0.3 is 0 Å². The van der Waals surface area contributed by atoms with E-state index in [2.05, 4.69) is 27.6 Å². The van der Waals surface area contributed by atoms with E-state index >= 15 is 0 Å². The molecule has 0 aromatic heterocycles. The van der Waals surface area contributed by atoms with Crippen LogP contribution in [0, 0.1) is 3.57 Å². The Morgan fingerprint density at radius 1 is 1.32 bits per heavy atom. The van der Waals surface area contributed by atoms with Gasteiger partial charge in [-0.15, -0.1) is 0 Å². The third-order valence-corrected chi connectivity index (χ3v) is 5.23. The van der Waals surface area contributed by atoms with Crippen LogP contribution in [0.5, 0.6) is 0 Å². The number of aliphatic imine (C=N–C) groups is 1. The van der Waals surface area contributed by atoms with Crippen LogP contribution in [0.15, 0.2) is 41.4 Å². The second-order valence-electron chi connectivity index (χ2n) is 5.96. The maximum absolute atomic E-state index is 12.6. The largest absolute Gasteiger partial charge is 0.393 e. The fourth-order valence-electron chi connectivity index (χ4n) is 3.52. The minimum absolute atomic E-state index is 0.140. The summed E-state index contributed by atoms with van der Waals surface area (Å²) in [5.74, 6) is -0.767. The molecule has 3 unspecified atom stereocenters. The number of ketones is 2. The summed E-state index contributed by atoms with van der Waals surface area (Å²) in [7, 11) is 0. The van der Waals surface area contributed by atoms with Gasteiger partial charge in [0.1, 0.15) is 0 Å². The number of aliphatic hydroxyl groups excluding tert-OH is 1. The molecule has 1 aliphatic heterocycles. The number of rotatable bonds is 4. The lowest BCUT2D eigenvalue weighted by atomic mass is 9.51. The highest BCUT2D eigenvalue weighted by atomic mass is 127. The summed E-state index contributed by atoms with van der Waals surface area (Å²) in [5, 5.41) is 9.90. The quantitative estimate of drug-likeness (QED) is 0.613. The minimum atomic E-state index is -0.991. The Morgan fingerprint density at radius 3 is 2.45 bits per heavy atom. The number of carbonyl (C=O) groups is 2. The van der Waals surface area contributed by atoms with Gasteiger partial charge in [0.15, 0.2) is 0 Å². The van der Waals surface area contributed by atoms with Crippen molar-refractivity contribution < 1.29 is 14.7 Å². The monoisotopic (exact) mass is 409 g/mol. The number of benzene rings is 1. The molecular formula is C17H16INO3. The minimum Gasteiger partial charge on any atom is -0.393 e. The van der Waals surface area contributed by atoms with Gasteiger partial charge < -0.3 is 5.11 Å². The predicted octanol–water partition coefficient (Wildman–Crippen LogP) is 2.22. The lowest BCUT2D eigenvalue weighted by Gasteiger charge is -2.50. The van der Waals surface area contributed by atoms with E-state index in [-0.39, 0.29) is 12.2 Å². The molecule has 5 heteroatoms. The Hall–Kier alpha value is -1.34. The van der Waals surface area contributed by atoms with Crippen LogP contribution in [-0.4, -0.2) is 34.5 Å². The second-order valence-corrected chi connectivity index (χ2v) is 7.20. The number of halogens is 1. The van der Waals surface area contributed by atoms with Gasteiger partial charge in [0, 0.05) is 22.6 Å².